The van der Waals surface area contributed by atoms with E-state index < -0.39 is 16.5 Å². The molecule has 98 valence electrons. The van der Waals surface area contributed by atoms with Crippen molar-refractivity contribution in [3.63, 3.8) is 0 Å². The van der Waals surface area contributed by atoms with Crippen LogP contribution >= 0.6 is 0 Å². The van der Waals surface area contributed by atoms with Gasteiger partial charge in [0, 0.05) is 6.07 Å². The van der Waals surface area contributed by atoms with E-state index in [9.17, 15) is 14.9 Å². The minimum absolute atomic E-state index is 0.0252. The van der Waals surface area contributed by atoms with E-state index in [2.05, 4.69) is 20.0 Å². The highest BCUT2D eigenvalue weighted by molar-refractivity contribution is 5.98. The van der Waals surface area contributed by atoms with Gasteiger partial charge < -0.3 is 15.6 Å². The number of rotatable bonds is 4. The Hall–Kier alpha value is -2.97. The van der Waals surface area contributed by atoms with Gasteiger partial charge in [-0.3, -0.25) is 14.9 Å². The lowest BCUT2D eigenvalue weighted by atomic mass is 10.2. The molecule has 0 fully saturated rings. The Balaban J connectivity index is 2.18. The second-order valence-corrected chi connectivity index (χ2v) is 3.56. The van der Waals surface area contributed by atoms with Crippen molar-refractivity contribution in [2.75, 3.05) is 5.73 Å². The van der Waals surface area contributed by atoms with Gasteiger partial charge in [-0.1, -0.05) is 5.16 Å². The van der Waals surface area contributed by atoms with E-state index in [1.54, 1.807) is 6.07 Å². The van der Waals surface area contributed by atoms with Crippen molar-refractivity contribution in [3.8, 4) is 0 Å². The molecule has 0 bridgehead atoms. The van der Waals surface area contributed by atoms with Gasteiger partial charge in [0.05, 0.1) is 11.5 Å². The standard InChI is InChI=1S/C10H9N5O4/c11-9-3-7(8(5-12-9)15(17)18)10(16)13-4-6-1-2-19-14-6/h1-3,5H,4H2,(H2,11,12)(H,13,16). The molecule has 9 nitrogen and oxygen atoms in total. The molecule has 2 heterocycles. The molecule has 0 saturated carbocycles. The summed E-state index contributed by atoms with van der Waals surface area (Å²) in [6.07, 6.45) is 2.30. The van der Waals surface area contributed by atoms with E-state index in [-0.39, 0.29) is 17.9 Å². The third-order valence-electron chi connectivity index (χ3n) is 2.27. The summed E-state index contributed by atoms with van der Waals surface area (Å²) in [5.41, 5.74) is 5.35. The van der Waals surface area contributed by atoms with Crippen molar-refractivity contribution >= 4 is 17.4 Å². The highest BCUT2D eigenvalue weighted by Crippen LogP contribution is 2.18. The number of hydrogen-bond acceptors (Lipinski definition) is 7. The van der Waals surface area contributed by atoms with Crippen LogP contribution in [-0.2, 0) is 6.54 Å². The highest BCUT2D eigenvalue weighted by atomic mass is 16.6. The molecule has 0 aliphatic carbocycles. The summed E-state index contributed by atoms with van der Waals surface area (Å²) in [5, 5.41) is 16.9. The highest BCUT2D eigenvalue weighted by Gasteiger charge is 2.21. The van der Waals surface area contributed by atoms with Crippen LogP contribution in [0.4, 0.5) is 11.5 Å². The molecule has 0 atom stereocenters. The summed E-state index contributed by atoms with van der Waals surface area (Å²) in [7, 11) is 0. The maximum atomic E-state index is 11.9. The van der Waals surface area contributed by atoms with Crippen LogP contribution in [-0.4, -0.2) is 21.0 Å². The predicted octanol–water partition coefficient (Wildman–Crippen LogP) is 0.490. The first kappa shape index (κ1) is 12.5. The van der Waals surface area contributed by atoms with Crippen LogP contribution in [0.1, 0.15) is 16.1 Å². The number of nitrogen functional groups attached to an aromatic ring is 1. The van der Waals surface area contributed by atoms with Crippen molar-refractivity contribution in [2.24, 2.45) is 0 Å². The fraction of sp³-hybridized carbons (Fsp3) is 0.100. The third-order valence-corrected chi connectivity index (χ3v) is 2.27. The fourth-order valence-electron chi connectivity index (χ4n) is 1.39. The Bertz CT molecular complexity index is 610. The normalized spacial score (nSPS) is 10.1. The number of aromatic nitrogens is 2. The molecule has 2 rings (SSSR count). The van der Waals surface area contributed by atoms with E-state index in [4.69, 9.17) is 5.73 Å². The van der Waals surface area contributed by atoms with Gasteiger partial charge >= 0.3 is 0 Å². The number of pyridine rings is 1. The first-order valence-corrected chi connectivity index (χ1v) is 5.15. The zero-order chi connectivity index (χ0) is 13.8. The summed E-state index contributed by atoms with van der Waals surface area (Å²) in [4.78, 5) is 25.5. The average Bonchev–Trinajstić information content (AvgIpc) is 2.88. The van der Waals surface area contributed by atoms with Crippen LogP contribution in [0.3, 0.4) is 0 Å². The first-order chi connectivity index (χ1) is 9.08. The third kappa shape index (κ3) is 2.83. The molecular formula is C10H9N5O4. The molecule has 1 amide bonds. The number of nitrogens with zero attached hydrogens (tertiary/aromatic N) is 3. The largest absolute Gasteiger partial charge is 0.384 e. The Kier molecular flexibility index (Phi) is 3.37. The Morgan fingerprint density at radius 3 is 3.00 bits per heavy atom. The number of amides is 1. The predicted molar refractivity (Wildman–Crippen MR) is 63.0 cm³/mol. The molecule has 2 aromatic rings. The second kappa shape index (κ2) is 5.12. The number of nitrogens with one attached hydrogen (secondary N) is 1. The van der Waals surface area contributed by atoms with Gasteiger partial charge in [0.2, 0.25) is 0 Å². The lowest BCUT2D eigenvalue weighted by Crippen LogP contribution is -2.24. The van der Waals surface area contributed by atoms with Gasteiger partial charge in [0.25, 0.3) is 11.6 Å². The summed E-state index contributed by atoms with van der Waals surface area (Å²) in [6.45, 7) is 0.0920. The summed E-state index contributed by atoms with van der Waals surface area (Å²) >= 11 is 0. The number of carbonyl (C=O) groups excluding carboxylic acids is 1. The van der Waals surface area contributed by atoms with Gasteiger partial charge in [-0.25, -0.2) is 4.98 Å². The molecule has 0 spiro atoms. The van der Waals surface area contributed by atoms with Gasteiger partial charge in [-0.15, -0.1) is 0 Å². The molecule has 0 aliphatic rings. The summed E-state index contributed by atoms with van der Waals surface area (Å²) in [6, 6.07) is 2.71. The maximum absolute atomic E-state index is 11.9. The number of carbonyl (C=O) groups is 1. The molecule has 0 saturated heterocycles. The van der Waals surface area contributed by atoms with E-state index in [0.29, 0.717) is 5.69 Å². The number of nitrogens with two attached hydrogens (primary N) is 1. The summed E-state index contributed by atoms with van der Waals surface area (Å²) in [5.74, 6) is -0.610. The van der Waals surface area contributed by atoms with Crippen molar-refractivity contribution in [3.05, 3.63) is 46.0 Å². The molecular weight excluding hydrogens is 254 g/mol. The Morgan fingerprint density at radius 2 is 2.37 bits per heavy atom. The zero-order valence-corrected chi connectivity index (χ0v) is 9.57. The molecule has 0 aliphatic heterocycles. The van der Waals surface area contributed by atoms with Gasteiger partial charge in [0.15, 0.2) is 0 Å². The quantitative estimate of drug-likeness (QED) is 0.604. The van der Waals surface area contributed by atoms with Gasteiger partial charge in [0.1, 0.15) is 29.5 Å². The van der Waals surface area contributed by atoms with Crippen molar-refractivity contribution in [1.82, 2.24) is 15.5 Å². The molecule has 0 radical (unpaired) electrons. The van der Waals surface area contributed by atoms with E-state index in [1.165, 1.54) is 6.26 Å². The average molecular weight is 263 g/mol. The zero-order valence-electron chi connectivity index (χ0n) is 9.57. The van der Waals surface area contributed by atoms with E-state index >= 15 is 0 Å². The number of nitro groups is 1. The maximum Gasteiger partial charge on any atom is 0.300 e. The van der Waals surface area contributed by atoms with Crippen molar-refractivity contribution in [1.29, 1.82) is 0 Å². The molecule has 3 N–H and O–H groups in total. The lowest BCUT2D eigenvalue weighted by Gasteiger charge is -2.04. The van der Waals surface area contributed by atoms with Crippen LogP contribution in [0.15, 0.2) is 29.1 Å². The fourth-order valence-corrected chi connectivity index (χ4v) is 1.39. The topological polar surface area (TPSA) is 137 Å². The number of hydrogen-bond donors (Lipinski definition) is 2. The monoisotopic (exact) mass is 263 g/mol. The van der Waals surface area contributed by atoms with Gasteiger partial charge in [-0.05, 0) is 6.07 Å². The lowest BCUT2D eigenvalue weighted by molar-refractivity contribution is -0.385. The van der Waals surface area contributed by atoms with Crippen LogP contribution in [0, 0.1) is 10.1 Å². The molecule has 2 aromatic heterocycles. The van der Waals surface area contributed by atoms with Crippen molar-refractivity contribution in [2.45, 2.75) is 6.54 Å². The van der Waals surface area contributed by atoms with Crippen LogP contribution < -0.4 is 11.1 Å². The van der Waals surface area contributed by atoms with E-state index in [1.807, 2.05) is 0 Å². The minimum atomic E-state index is -0.697. The second-order valence-electron chi connectivity index (χ2n) is 3.56. The minimum Gasteiger partial charge on any atom is -0.384 e. The first-order valence-electron chi connectivity index (χ1n) is 5.15. The van der Waals surface area contributed by atoms with Crippen LogP contribution in [0.5, 0.6) is 0 Å². The Morgan fingerprint density at radius 1 is 1.58 bits per heavy atom. The van der Waals surface area contributed by atoms with Crippen LogP contribution in [0.2, 0.25) is 0 Å². The Labute approximate surface area is 106 Å². The SMILES string of the molecule is Nc1cc(C(=O)NCc2ccon2)c([N+](=O)[O-])cn1. The van der Waals surface area contributed by atoms with Crippen molar-refractivity contribution < 1.29 is 14.2 Å². The van der Waals surface area contributed by atoms with E-state index in [0.717, 1.165) is 12.3 Å². The summed E-state index contributed by atoms with van der Waals surface area (Å²) < 4.78 is 4.59. The molecule has 0 aromatic carbocycles. The molecule has 9 heteroatoms. The van der Waals surface area contributed by atoms with Crippen LogP contribution in [0.25, 0.3) is 0 Å². The molecule has 19 heavy (non-hydrogen) atoms. The number of anilines is 1. The smallest absolute Gasteiger partial charge is 0.300 e. The molecule has 0 unspecified atom stereocenters. The van der Waals surface area contributed by atoms with Gasteiger partial charge in [-0.2, -0.15) is 0 Å².